The Hall–Kier alpha value is -3.50. The zero-order chi connectivity index (χ0) is 19.6. The molecule has 0 saturated heterocycles. The zero-order valence-electron chi connectivity index (χ0n) is 14.6. The van der Waals surface area contributed by atoms with E-state index in [1.807, 2.05) is 0 Å². The van der Waals surface area contributed by atoms with Gasteiger partial charge in [-0.1, -0.05) is 0 Å². The topological polar surface area (TPSA) is 134 Å². The van der Waals surface area contributed by atoms with Gasteiger partial charge in [-0.15, -0.1) is 0 Å². The molecule has 11 nitrogen and oxygen atoms in total. The molecule has 0 unspecified atom stereocenters. The predicted molar refractivity (Wildman–Crippen MR) is 91.9 cm³/mol. The molecule has 0 radical (unpaired) electrons. The average molecular weight is 363 g/mol. The molecule has 138 valence electrons. The molecule has 2 aromatic rings. The van der Waals surface area contributed by atoms with Gasteiger partial charge in [-0.05, 0) is 19.9 Å². The number of carbonyl (C=O) groups excluding carboxylic acids is 1. The number of nitrogens with zero attached hydrogens (tertiary/aromatic N) is 5. The van der Waals surface area contributed by atoms with E-state index in [4.69, 9.17) is 4.74 Å². The summed E-state index contributed by atoms with van der Waals surface area (Å²) in [5.74, 6) is -0.331. The van der Waals surface area contributed by atoms with Crippen LogP contribution < -0.4 is 4.90 Å². The number of hydrogen-bond acceptors (Lipinski definition) is 8. The quantitative estimate of drug-likeness (QED) is 0.433. The van der Waals surface area contributed by atoms with Gasteiger partial charge < -0.3 is 9.64 Å². The Labute approximate surface area is 148 Å². The SMILES string of the molecule is CCOC(=O)c1c(C)nn(-c2ccc([N+](=O)[O-])cc2[N+](=O)[O-])c1N(C)C. The number of nitro groups is 2. The highest BCUT2D eigenvalue weighted by atomic mass is 16.6. The van der Waals surface area contributed by atoms with Crippen molar-refractivity contribution in [2.24, 2.45) is 0 Å². The first-order valence-electron chi connectivity index (χ1n) is 7.56. The number of anilines is 1. The summed E-state index contributed by atoms with van der Waals surface area (Å²) in [4.78, 5) is 34.7. The van der Waals surface area contributed by atoms with Gasteiger partial charge in [-0.2, -0.15) is 5.10 Å². The van der Waals surface area contributed by atoms with E-state index in [1.165, 1.54) is 10.7 Å². The summed E-state index contributed by atoms with van der Waals surface area (Å²) in [6.45, 7) is 3.40. The number of ether oxygens (including phenoxy) is 1. The number of esters is 1. The Morgan fingerprint density at radius 3 is 2.42 bits per heavy atom. The van der Waals surface area contributed by atoms with Gasteiger partial charge in [0.15, 0.2) is 0 Å². The van der Waals surface area contributed by atoms with Crippen LogP contribution >= 0.6 is 0 Å². The van der Waals surface area contributed by atoms with Gasteiger partial charge in [0, 0.05) is 20.2 Å². The van der Waals surface area contributed by atoms with Crippen molar-refractivity contribution >= 4 is 23.2 Å². The van der Waals surface area contributed by atoms with Crippen molar-refractivity contribution in [2.45, 2.75) is 13.8 Å². The molecule has 0 bridgehead atoms. The largest absolute Gasteiger partial charge is 0.462 e. The van der Waals surface area contributed by atoms with E-state index >= 15 is 0 Å². The number of hydrogen-bond donors (Lipinski definition) is 0. The third-order valence-corrected chi connectivity index (χ3v) is 3.53. The molecule has 0 aliphatic heterocycles. The number of benzene rings is 1. The summed E-state index contributed by atoms with van der Waals surface area (Å²) in [5.41, 5.74) is -0.422. The standard InChI is InChI=1S/C15H17N5O6/c1-5-26-15(21)13-9(2)16-18(14(13)17(3)4)11-7-6-10(19(22)23)8-12(11)20(24)25/h6-8H,5H2,1-4H3. The number of nitro benzene ring substituents is 2. The highest BCUT2D eigenvalue weighted by molar-refractivity contribution is 5.96. The minimum Gasteiger partial charge on any atom is -0.462 e. The first-order chi connectivity index (χ1) is 12.2. The summed E-state index contributed by atoms with van der Waals surface area (Å²) in [5, 5.41) is 26.5. The van der Waals surface area contributed by atoms with E-state index in [-0.39, 0.29) is 23.7 Å². The Bertz CT molecular complexity index is 889. The Kier molecular flexibility index (Phi) is 5.19. The molecule has 1 aromatic heterocycles. The maximum absolute atomic E-state index is 12.3. The van der Waals surface area contributed by atoms with E-state index < -0.39 is 27.2 Å². The molecule has 0 fully saturated rings. The highest BCUT2D eigenvalue weighted by Gasteiger charge is 2.29. The monoisotopic (exact) mass is 363 g/mol. The molecule has 11 heteroatoms. The Balaban J connectivity index is 2.77. The normalized spacial score (nSPS) is 10.5. The Morgan fingerprint density at radius 2 is 1.92 bits per heavy atom. The molecule has 26 heavy (non-hydrogen) atoms. The van der Waals surface area contributed by atoms with Gasteiger partial charge in [0.25, 0.3) is 5.69 Å². The maximum atomic E-state index is 12.3. The number of aromatic nitrogens is 2. The molecule has 1 heterocycles. The van der Waals surface area contributed by atoms with E-state index in [2.05, 4.69) is 5.10 Å². The average Bonchev–Trinajstić information content (AvgIpc) is 2.91. The summed E-state index contributed by atoms with van der Waals surface area (Å²) in [6.07, 6.45) is 0. The molecule has 0 aliphatic carbocycles. The third-order valence-electron chi connectivity index (χ3n) is 3.53. The summed E-state index contributed by atoms with van der Waals surface area (Å²) in [7, 11) is 3.29. The third kappa shape index (κ3) is 3.31. The van der Waals surface area contributed by atoms with Crippen molar-refractivity contribution in [3.8, 4) is 5.69 Å². The second-order valence-electron chi connectivity index (χ2n) is 5.50. The van der Waals surface area contributed by atoms with Crippen molar-refractivity contribution in [1.82, 2.24) is 9.78 Å². The van der Waals surface area contributed by atoms with Crippen LogP contribution in [0.25, 0.3) is 5.69 Å². The van der Waals surface area contributed by atoms with Gasteiger partial charge in [0.05, 0.1) is 28.2 Å². The summed E-state index contributed by atoms with van der Waals surface area (Å²) >= 11 is 0. The van der Waals surface area contributed by atoms with E-state index in [1.54, 1.807) is 32.8 Å². The molecule has 2 rings (SSSR count). The van der Waals surface area contributed by atoms with Crippen LogP contribution in [0, 0.1) is 27.2 Å². The molecule has 0 N–H and O–H groups in total. The van der Waals surface area contributed by atoms with Gasteiger partial charge in [0.2, 0.25) is 0 Å². The summed E-state index contributed by atoms with van der Waals surface area (Å²) < 4.78 is 6.25. The van der Waals surface area contributed by atoms with E-state index in [0.29, 0.717) is 5.69 Å². The first-order valence-corrected chi connectivity index (χ1v) is 7.56. The minimum absolute atomic E-state index is 0.00273. The second-order valence-corrected chi connectivity index (χ2v) is 5.50. The fraction of sp³-hybridized carbons (Fsp3) is 0.333. The van der Waals surface area contributed by atoms with Crippen LogP contribution in [0.5, 0.6) is 0 Å². The molecule has 0 amide bonds. The molecular formula is C15H17N5O6. The van der Waals surface area contributed by atoms with E-state index in [9.17, 15) is 25.0 Å². The number of aryl methyl sites for hydroxylation is 1. The molecule has 0 aliphatic rings. The lowest BCUT2D eigenvalue weighted by Crippen LogP contribution is -2.19. The van der Waals surface area contributed by atoms with Crippen LogP contribution in [-0.4, -0.2) is 46.3 Å². The fourth-order valence-corrected chi connectivity index (χ4v) is 2.49. The van der Waals surface area contributed by atoms with Crippen molar-refractivity contribution in [2.75, 3.05) is 25.6 Å². The lowest BCUT2D eigenvalue weighted by atomic mass is 10.2. The van der Waals surface area contributed by atoms with Crippen LogP contribution in [0.3, 0.4) is 0 Å². The van der Waals surface area contributed by atoms with Gasteiger partial charge in [-0.25, -0.2) is 9.48 Å². The Morgan fingerprint density at radius 1 is 1.27 bits per heavy atom. The van der Waals surface area contributed by atoms with Crippen LogP contribution in [0.15, 0.2) is 18.2 Å². The van der Waals surface area contributed by atoms with Gasteiger partial charge in [0.1, 0.15) is 17.1 Å². The van der Waals surface area contributed by atoms with Crippen LogP contribution in [-0.2, 0) is 4.74 Å². The van der Waals surface area contributed by atoms with Gasteiger partial charge >= 0.3 is 11.7 Å². The molecular weight excluding hydrogens is 346 g/mol. The van der Waals surface area contributed by atoms with E-state index in [0.717, 1.165) is 12.1 Å². The maximum Gasteiger partial charge on any atom is 0.343 e. The minimum atomic E-state index is -0.733. The van der Waals surface area contributed by atoms with Crippen LogP contribution in [0.1, 0.15) is 23.0 Å². The van der Waals surface area contributed by atoms with Gasteiger partial charge in [-0.3, -0.25) is 20.2 Å². The molecule has 1 aromatic carbocycles. The molecule has 0 saturated carbocycles. The molecule has 0 atom stereocenters. The van der Waals surface area contributed by atoms with Crippen molar-refractivity contribution in [3.05, 3.63) is 49.7 Å². The summed E-state index contributed by atoms with van der Waals surface area (Å²) in [6, 6.07) is 3.23. The second kappa shape index (κ2) is 7.17. The van der Waals surface area contributed by atoms with Crippen molar-refractivity contribution in [1.29, 1.82) is 0 Å². The zero-order valence-corrected chi connectivity index (χ0v) is 14.6. The fourth-order valence-electron chi connectivity index (χ4n) is 2.49. The number of carbonyl (C=O) groups is 1. The van der Waals surface area contributed by atoms with Crippen LogP contribution in [0.2, 0.25) is 0 Å². The number of rotatable bonds is 6. The number of non-ortho nitro benzene ring substituents is 1. The lowest BCUT2D eigenvalue weighted by Gasteiger charge is -2.16. The smallest absolute Gasteiger partial charge is 0.343 e. The highest BCUT2D eigenvalue weighted by Crippen LogP contribution is 2.33. The van der Waals surface area contributed by atoms with Crippen molar-refractivity contribution in [3.63, 3.8) is 0 Å². The molecule has 0 spiro atoms. The van der Waals surface area contributed by atoms with Crippen LogP contribution in [0.4, 0.5) is 17.2 Å². The lowest BCUT2D eigenvalue weighted by molar-refractivity contribution is -0.394. The first kappa shape index (κ1) is 18.8. The predicted octanol–water partition coefficient (Wildman–Crippen LogP) is 2.24. The van der Waals surface area contributed by atoms with Crippen molar-refractivity contribution < 1.29 is 19.4 Å².